The molecule has 6 heteroatoms. The first-order chi connectivity index (χ1) is 6.88. The fourth-order valence-corrected chi connectivity index (χ4v) is 1.27. The molecule has 1 heterocycles. The molecule has 15 heavy (non-hydrogen) atoms. The summed E-state index contributed by atoms with van der Waals surface area (Å²) in [6.45, 7) is 5.96. The predicted molar refractivity (Wildman–Crippen MR) is 52.7 cm³/mol. The maximum atomic E-state index is 10.9. The van der Waals surface area contributed by atoms with Crippen LogP contribution in [0.15, 0.2) is 0 Å². The van der Waals surface area contributed by atoms with E-state index in [1.54, 1.807) is 4.68 Å². The Balaban J connectivity index is 3.24. The van der Waals surface area contributed by atoms with E-state index >= 15 is 0 Å². The number of carboxylic acids is 1. The van der Waals surface area contributed by atoms with Gasteiger partial charge in [-0.05, 0) is 20.8 Å². The Morgan fingerprint density at radius 1 is 1.53 bits per heavy atom. The van der Waals surface area contributed by atoms with Crippen LogP contribution in [0.2, 0.25) is 0 Å². The number of aromatic nitrogens is 3. The minimum absolute atomic E-state index is 0.0493. The normalized spacial score (nSPS) is 11.7. The molecule has 84 valence electrons. The summed E-state index contributed by atoms with van der Waals surface area (Å²) in [6.07, 6.45) is 0. The van der Waals surface area contributed by atoms with E-state index in [1.165, 1.54) is 7.11 Å². The van der Waals surface area contributed by atoms with Gasteiger partial charge in [0.2, 0.25) is 0 Å². The van der Waals surface area contributed by atoms with Crippen molar-refractivity contribution in [3.63, 3.8) is 0 Å². The molecule has 1 N–H and O–H groups in total. The molecule has 0 bridgehead atoms. The van der Waals surface area contributed by atoms with Crippen molar-refractivity contribution < 1.29 is 14.6 Å². The first-order valence-electron chi connectivity index (χ1n) is 4.55. The Morgan fingerprint density at radius 3 is 2.53 bits per heavy atom. The molecule has 1 rings (SSSR count). The van der Waals surface area contributed by atoms with Gasteiger partial charge in [-0.2, -0.15) is 0 Å². The Kier molecular flexibility index (Phi) is 3.09. The number of nitrogens with zero attached hydrogens (tertiary/aromatic N) is 3. The summed E-state index contributed by atoms with van der Waals surface area (Å²) in [7, 11) is 1.51. The topological polar surface area (TPSA) is 77.2 Å². The molecule has 0 aliphatic carbocycles. The van der Waals surface area contributed by atoms with Crippen molar-refractivity contribution >= 4 is 5.97 Å². The minimum atomic E-state index is -1.09. The highest BCUT2D eigenvalue weighted by molar-refractivity contribution is 5.86. The quantitative estimate of drug-likeness (QED) is 0.806. The minimum Gasteiger partial charge on any atom is -0.476 e. The van der Waals surface area contributed by atoms with E-state index in [0.717, 1.165) is 0 Å². The summed E-state index contributed by atoms with van der Waals surface area (Å²) in [5, 5.41) is 16.4. The summed E-state index contributed by atoms with van der Waals surface area (Å²) in [5.41, 5.74) is 0.124. The lowest BCUT2D eigenvalue weighted by Gasteiger charge is -2.21. The molecule has 0 aliphatic heterocycles. The van der Waals surface area contributed by atoms with E-state index in [4.69, 9.17) is 9.84 Å². The number of rotatable bonds is 3. The molecule has 0 unspecified atom stereocenters. The predicted octanol–water partition coefficient (Wildman–Crippen LogP) is 0.878. The van der Waals surface area contributed by atoms with Crippen LogP contribution < -0.4 is 0 Å². The van der Waals surface area contributed by atoms with Crippen LogP contribution in [-0.4, -0.2) is 33.2 Å². The highest BCUT2D eigenvalue weighted by Crippen LogP contribution is 2.18. The van der Waals surface area contributed by atoms with Crippen LogP contribution in [0.1, 0.15) is 37.0 Å². The highest BCUT2D eigenvalue weighted by atomic mass is 16.5. The molecule has 0 aromatic carbocycles. The van der Waals surface area contributed by atoms with Gasteiger partial charge in [-0.25, -0.2) is 9.48 Å². The van der Waals surface area contributed by atoms with Gasteiger partial charge in [-0.15, -0.1) is 5.10 Å². The van der Waals surface area contributed by atoms with E-state index < -0.39 is 5.97 Å². The van der Waals surface area contributed by atoms with E-state index in [0.29, 0.717) is 5.69 Å². The summed E-state index contributed by atoms with van der Waals surface area (Å²) >= 11 is 0. The van der Waals surface area contributed by atoms with Gasteiger partial charge in [0, 0.05) is 7.11 Å². The average Bonchev–Trinajstić information content (AvgIpc) is 2.47. The van der Waals surface area contributed by atoms with Gasteiger partial charge in [0.1, 0.15) is 0 Å². The van der Waals surface area contributed by atoms with E-state index in [1.807, 2.05) is 20.8 Å². The van der Waals surface area contributed by atoms with Crippen molar-refractivity contribution in [3.8, 4) is 0 Å². The zero-order valence-corrected chi connectivity index (χ0v) is 9.31. The average molecular weight is 213 g/mol. The molecule has 0 amide bonds. The number of methoxy groups -OCH3 is 1. The number of hydrogen-bond donors (Lipinski definition) is 1. The third-order valence-corrected chi connectivity index (χ3v) is 1.88. The Labute approximate surface area is 87.9 Å². The molecule has 0 atom stereocenters. The maximum absolute atomic E-state index is 10.9. The number of carbonyl (C=O) groups is 1. The lowest BCUT2D eigenvalue weighted by molar-refractivity contribution is 0.0684. The van der Waals surface area contributed by atoms with Gasteiger partial charge >= 0.3 is 5.97 Å². The van der Waals surface area contributed by atoms with Crippen molar-refractivity contribution in [3.05, 3.63) is 11.4 Å². The van der Waals surface area contributed by atoms with Crippen molar-refractivity contribution in [1.82, 2.24) is 15.0 Å². The smallest absolute Gasteiger partial charge is 0.358 e. The summed E-state index contributed by atoms with van der Waals surface area (Å²) in [6, 6.07) is 0. The Morgan fingerprint density at radius 2 is 2.13 bits per heavy atom. The molecule has 0 aliphatic rings. The first-order valence-corrected chi connectivity index (χ1v) is 4.55. The van der Waals surface area contributed by atoms with Gasteiger partial charge in [-0.1, -0.05) is 5.21 Å². The fraction of sp³-hybridized carbons (Fsp3) is 0.667. The molecule has 0 radical (unpaired) electrons. The third kappa shape index (κ3) is 2.33. The second kappa shape index (κ2) is 3.98. The van der Waals surface area contributed by atoms with E-state index in [-0.39, 0.29) is 17.8 Å². The SMILES string of the molecule is COCc1c(C(=O)O)nnn1C(C)(C)C. The highest BCUT2D eigenvalue weighted by Gasteiger charge is 2.25. The zero-order valence-electron chi connectivity index (χ0n) is 9.31. The molecule has 0 saturated heterocycles. The third-order valence-electron chi connectivity index (χ3n) is 1.88. The Hall–Kier alpha value is -1.43. The molecule has 0 fully saturated rings. The second-order valence-corrected chi connectivity index (χ2v) is 4.21. The van der Waals surface area contributed by atoms with E-state index in [9.17, 15) is 4.79 Å². The Bertz CT molecular complexity index is 365. The van der Waals surface area contributed by atoms with Crippen molar-refractivity contribution in [2.45, 2.75) is 32.9 Å². The van der Waals surface area contributed by atoms with Gasteiger partial charge in [0.25, 0.3) is 0 Å². The molecule has 0 saturated carbocycles. The van der Waals surface area contributed by atoms with Crippen LogP contribution in [0, 0.1) is 0 Å². The summed E-state index contributed by atoms with van der Waals surface area (Å²) in [4.78, 5) is 10.9. The molecule has 1 aromatic rings. The second-order valence-electron chi connectivity index (χ2n) is 4.21. The first kappa shape index (κ1) is 11.6. The largest absolute Gasteiger partial charge is 0.476 e. The molecule has 1 aromatic heterocycles. The lowest BCUT2D eigenvalue weighted by atomic mass is 10.1. The lowest BCUT2D eigenvalue weighted by Crippen LogP contribution is -2.26. The molecule has 6 nitrogen and oxygen atoms in total. The maximum Gasteiger partial charge on any atom is 0.358 e. The number of carboxylic acid groups (broad SMARTS) is 1. The van der Waals surface area contributed by atoms with Crippen LogP contribution in [-0.2, 0) is 16.9 Å². The molecule has 0 spiro atoms. The standard InChI is InChI=1S/C9H15N3O3/c1-9(2,3)12-6(5-15-4)7(8(13)14)10-11-12/h5H2,1-4H3,(H,13,14). The fourth-order valence-electron chi connectivity index (χ4n) is 1.27. The van der Waals surface area contributed by atoms with Crippen molar-refractivity contribution in [2.24, 2.45) is 0 Å². The van der Waals surface area contributed by atoms with Crippen LogP contribution >= 0.6 is 0 Å². The monoisotopic (exact) mass is 213 g/mol. The van der Waals surface area contributed by atoms with Gasteiger partial charge in [-0.3, -0.25) is 0 Å². The van der Waals surface area contributed by atoms with E-state index in [2.05, 4.69) is 10.3 Å². The van der Waals surface area contributed by atoms with Crippen molar-refractivity contribution in [1.29, 1.82) is 0 Å². The van der Waals surface area contributed by atoms with Gasteiger partial charge in [0.05, 0.1) is 17.8 Å². The summed E-state index contributed by atoms with van der Waals surface area (Å²) < 4.78 is 6.52. The number of hydrogen-bond acceptors (Lipinski definition) is 4. The van der Waals surface area contributed by atoms with Crippen LogP contribution in [0.5, 0.6) is 0 Å². The molecular weight excluding hydrogens is 198 g/mol. The van der Waals surface area contributed by atoms with Gasteiger partial charge < -0.3 is 9.84 Å². The van der Waals surface area contributed by atoms with Crippen LogP contribution in [0.4, 0.5) is 0 Å². The van der Waals surface area contributed by atoms with Crippen LogP contribution in [0.3, 0.4) is 0 Å². The number of ether oxygens (including phenoxy) is 1. The van der Waals surface area contributed by atoms with Gasteiger partial charge in [0.15, 0.2) is 5.69 Å². The molecular formula is C9H15N3O3. The van der Waals surface area contributed by atoms with Crippen molar-refractivity contribution in [2.75, 3.05) is 7.11 Å². The summed E-state index contributed by atoms with van der Waals surface area (Å²) in [5.74, 6) is -1.09. The number of aromatic carboxylic acids is 1. The van der Waals surface area contributed by atoms with Crippen LogP contribution in [0.25, 0.3) is 0 Å². The zero-order chi connectivity index (χ0) is 11.6.